The van der Waals surface area contributed by atoms with Crippen LogP contribution in [0.4, 0.5) is 0 Å². The summed E-state index contributed by atoms with van der Waals surface area (Å²) < 4.78 is 4.91. The van der Waals surface area contributed by atoms with Crippen LogP contribution in [-0.2, 0) is 4.74 Å². The number of ether oxygens (including phenoxy) is 1. The van der Waals surface area contributed by atoms with Crippen LogP contribution in [0.2, 0.25) is 0 Å². The molecule has 44 valence electrons. The van der Waals surface area contributed by atoms with Crippen LogP contribution in [0.25, 0.3) is 0 Å². The minimum atomic E-state index is -0.337. The number of hydrogen-bond acceptors (Lipinski definition) is 2. The standard InChI is InChI=1S/C4H8BNO2/c5-4-3-6(7)1-2-8-4/h4,6H,1-3H2. The van der Waals surface area contributed by atoms with Crippen molar-refractivity contribution < 1.29 is 9.80 Å². The molecule has 1 heterocycles. The maximum atomic E-state index is 10.5. The summed E-state index contributed by atoms with van der Waals surface area (Å²) >= 11 is 0. The van der Waals surface area contributed by atoms with Gasteiger partial charge in [0.15, 0.2) is 0 Å². The molecule has 1 fully saturated rings. The fourth-order valence-corrected chi connectivity index (χ4v) is 0.710. The van der Waals surface area contributed by atoms with Crippen molar-refractivity contribution in [1.82, 2.24) is 0 Å². The third-order valence-electron chi connectivity index (χ3n) is 1.14. The van der Waals surface area contributed by atoms with Gasteiger partial charge in [0.25, 0.3) is 0 Å². The van der Waals surface area contributed by atoms with Crippen LogP contribution in [0, 0.1) is 5.21 Å². The van der Waals surface area contributed by atoms with Crippen LogP contribution in [0.5, 0.6) is 0 Å². The lowest BCUT2D eigenvalue weighted by Gasteiger charge is -2.30. The molecule has 1 saturated heterocycles. The molecule has 0 aliphatic carbocycles. The third-order valence-corrected chi connectivity index (χ3v) is 1.14. The van der Waals surface area contributed by atoms with Gasteiger partial charge < -0.3 is 15.0 Å². The van der Waals surface area contributed by atoms with Gasteiger partial charge in [0.05, 0.1) is 19.2 Å². The first-order valence-corrected chi connectivity index (χ1v) is 2.68. The monoisotopic (exact) mass is 113 g/mol. The van der Waals surface area contributed by atoms with Crippen molar-refractivity contribution in [3.8, 4) is 0 Å². The van der Waals surface area contributed by atoms with E-state index in [9.17, 15) is 5.21 Å². The summed E-state index contributed by atoms with van der Waals surface area (Å²) in [7, 11) is 5.28. The summed E-state index contributed by atoms with van der Waals surface area (Å²) in [4.78, 5) is 0. The Morgan fingerprint density at radius 3 is 2.88 bits per heavy atom. The summed E-state index contributed by atoms with van der Waals surface area (Å²) in [6.07, 6.45) is 0. The topological polar surface area (TPSA) is 36.7 Å². The van der Waals surface area contributed by atoms with Crippen LogP contribution in [0.15, 0.2) is 0 Å². The summed E-state index contributed by atoms with van der Waals surface area (Å²) in [5.41, 5.74) is 0. The SMILES string of the molecule is [B]C1C[NH+]([O-])CCO1. The van der Waals surface area contributed by atoms with Gasteiger partial charge in [-0.1, -0.05) is 0 Å². The van der Waals surface area contributed by atoms with Gasteiger partial charge in [-0.05, 0) is 0 Å². The van der Waals surface area contributed by atoms with Gasteiger partial charge in [-0.2, -0.15) is 0 Å². The zero-order chi connectivity index (χ0) is 5.98. The average molecular weight is 113 g/mol. The Labute approximate surface area is 49.6 Å². The predicted octanol–water partition coefficient (Wildman–Crippen LogP) is -2.11. The Kier molecular flexibility index (Phi) is 1.88. The zero-order valence-corrected chi connectivity index (χ0v) is 4.59. The van der Waals surface area contributed by atoms with E-state index in [1.807, 2.05) is 0 Å². The lowest BCUT2D eigenvalue weighted by atomic mass is 9.99. The highest BCUT2D eigenvalue weighted by molar-refractivity contribution is 6.11. The maximum absolute atomic E-state index is 10.5. The van der Waals surface area contributed by atoms with E-state index in [1.165, 1.54) is 0 Å². The second-order valence-electron chi connectivity index (χ2n) is 1.90. The Balaban J connectivity index is 2.23. The van der Waals surface area contributed by atoms with E-state index in [2.05, 4.69) is 0 Å². The molecule has 2 radical (unpaired) electrons. The average Bonchev–Trinajstić information content (AvgIpc) is 1.64. The molecule has 0 aromatic rings. The van der Waals surface area contributed by atoms with Crippen molar-refractivity contribution in [2.24, 2.45) is 0 Å². The maximum Gasteiger partial charge on any atom is 0.116 e. The van der Waals surface area contributed by atoms with Crippen LogP contribution in [0.1, 0.15) is 0 Å². The molecule has 0 bridgehead atoms. The van der Waals surface area contributed by atoms with Crippen LogP contribution in [-0.4, -0.2) is 33.5 Å². The van der Waals surface area contributed by atoms with E-state index in [0.29, 0.717) is 19.7 Å². The molecule has 1 aliphatic heterocycles. The van der Waals surface area contributed by atoms with Crippen molar-refractivity contribution >= 4 is 7.85 Å². The van der Waals surface area contributed by atoms with Crippen molar-refractivity contribution in [3.05, 3.63) is 5.21 Å². The Morgan fingerprint density at radius 1 is 1.75 bits per heavy atom. The number of hydroxylamine groups is 2. The molecule has 3 nitrogen and oxygen atoms in total. The fraction of sp³-hybridized carbons (Fsp3) is 1.00. The summed E-state index contributed by atoms with van der Waals surface area (Å²) in [6.45, 7) is 1.42. The first-order chi connectivity index (χ1) is 3.79. The van der Waals surface area contributed by atoms with E-state index >= 15 is 0 Å². The normalized spacial score (nSPS) is 39.6. The third kappa shape index (κ3) is 1.47. The lowest BCUT2D eigenvalue weighted by Crippen LogP contribution is -3.10. The van der Waals surface area contributed by atoms with E-state index in [0.717, 1.165) is 0 Å². The summed E-state index contributed by atoms with van der Waals surface area (Å²) in [5.74, 6) is 0. The lowest BCUT2D eigenvalue weighted by molar-refractivity contribution is -0.859. The van der Waals surface area contributed by atoms with Crippen LogP contribution in [0.3, 0.4) is 0 Å². The molecule has 0 aromatic heterocycles. The summed E-state index contributed by atoms with van der Waals surface area (Å²) in [6, 6.07) is -0.337. The summed E-state index contributed by atoms with van der Waals surface area (Å²) in [5, 5.41) is 10.7. The first kappa shape index (κ1) is 6.07. The highest BCUT2D eigenvalue weighted by atomic mass is 16.5. The largest absolute Gasteiger partial charge is 0.634 e. The first-order valence-electron chi connectivity index (χ1n) is 2.68. The molecule has 0 aromatic carbocycles. The molecule has 2 unspecified atom stereocenters. The van der Waals surface area contributed by atoms with E-state index < -0.39 is 0 Å². The quantitative estimate of drug-likeness (QED) is 0.288. The highest BCUT2D eigenvalue weighted by Crippen LogP contribution is 1.83. The molecule has 1 rings (SSSR count). The molecule has 0 amide bonds. The van der Waals surface area contributed by atoms with Gasteiger partial charge in [-0.25, -0.2) is 0 Å². The van der Waals surface area contributed by atoms with Gasteiger partial charge in [-0.15, -0.1) is 0 Å². The van der Waals surface area contributed by atoms with Gasteiger partial charge >= 0.3 is 0 Å². The minimum absolute atomic E-state index is 0.212. The Morgan fingerprint density at radius 2 is 2.50 bits per heavy atom. The molecular weight excluding hydrogens is 105 g/mol. The number of quaternary nitrogens is 1. The van der Waals surface area contributed by atoms with Gasteiger partial charge in [-0.3, -0.25) is 0 Å². The number of rotatable bonds is 0. The minimum Gasteiger partial charge on any atom is -0.634 e. The Hall–Kier alpha value is -0.0551. The molecular formula is C4H8BNO2. The molecule has 1 aliphatic rings. The molecule has 0 saturated carbocycles. The molecule has 2 atom stereocenters. The van der Waals surface area contributed by atoms with Crippen molar-refractivity contribution in [1.29, 1.82) is 0 Å². The smallest absolute Gasteiger partial charge is 0.116 e. The van der Waals surface area contributed by atoms with Gasteiger partial charge in [0, 0.05) is 0 Å². The van der Waals surface area contributed by atoms with Crippen LogP contribution < -0.4 is 5.06 Å². The van der Waals surface area contributed by atoms with Crippen molar-refractivity contribution in [2.45, 2.75) is 6.00 Å². The molecule has 4 heteroatoms. The van der Waals surface area contributed by atoms with E-state index in [1.54, 1.807) is 0 Å². The molecule has 8 heavy (non-hydrogen) atoms. The van der Waals surface area contributed by atoms with Crippen molar-refractivity contribution in [3.63, 3.8) is 0 Å². The van der Waals surface area contributed by atoms with Crippen LogP contribution >= 0.6 is 0 Å². The molecule has 1 N–H and O–H groups in total. The van der Waals surface area contributed by atoms with E-state index in [-0.39, 0.29) is 11.1 Å². The van der Waals surface area contributed by atoms with Crippen molar-refractivity contribution in [2.75, 3.05) is 19.7 Å². The molecule has 0 spiro atoms. The Bertz CT molecular complexity index is 72.4. The van der Waals surface area contributed by atoms with E-state index in [4.69, 9.17) is 12.6 Å². The highest BCUT2D eigenvalue weighted by Gasteiger charge is 2.12. The number of nitrogens with one attached hydrogen (secondary N) is 1. The second kappa shape index (κ2) is 2.48. The number of morpholine rings is 1. The number of hydrogen-bond donors (Lipinski definition) is 1. The fourth-order valence-electron chi connectivity index (χ4n) is 0.710. The zero-order valence-electron chi connectivity index (χ0n) is 4.59. The van der Waals surface area contributed by atoms with Gasteiger partial charge in [0.2, 0.25) is 0 Å². The van der Waals surface area contributed by atoms with Gasteiger partial charge in [0.1, 0.15) is 14.4 Å². The second-order valence-corrected chi connectivity index (χ2v) is 1.90. The predicted molar refractivity (Wildman–Crippen MR) is 29.6 cm³/mol.